The van der Waals surface area contributed by atoms with E-state index in [0.717, 1.165) is 35.0 Å². The number of likely N-dealkylation sites (tertiary alicyclic amines) is 1. The number of aromatic nitrogens is 1. The highest BCUT2D eigenvalue weighted by atomic mass is 32.1. The van der Waals surface area contributed by atoms with Crippen LogP contribution in [0.15, 0.2) is 40.5 Å². The molecule has 3 rings (SSSR count). The molecule has 0 amide bonds. The number of esters is 1. The Morgan fingerprint density at radius 1 is 1.41 bits per heavy atom. The molecule has 0 saturated carbocycles. The number of hydrogen-bond acceptors (Lipinski definition) is 8. The molecule has 2 atom stereocenters. The maximum atomic E-state index is 13.0. The van der Waals surface area contributed by atoms with Crippen LogP contribution < -0.4 is 5.73 Å². The molecule has 0 aromatic carbocycles. The monoisotopic (exact) mass is 486 g/mol. The third-order valence-electron chi connectivity index (χ3n) is 5.98. The lowest BCUT2D eigenvalue weighted by molar-refractivity contribution is -0.181. The van der Waals surface area contributed by atoms with E-state index < -0.39 is 5.60 Å². The second kappa shape index (κ2) is 11.4. The molecule has 1 unspecified atom stereocenters. The number of carbonyl (C=O) groups excluding carboxylic acids is 1. The fourth-order valence-corrected chi connectivity index (χ4v) is 5.65. The van der Waals surface area contributed by atoms with Crippen LogP contribution in [0.1, 0.15) is 47.0 Å². The van der Waals surface area contributed by atoms with E-state index in [2.05, 4.69) is 41.7 Å². The number of carbonyl (C=O) groups is 1. The first-order chi connectivity index (χ1) is 16.2. The van der Waals surface area contributed by atoms with E-state index in [1.54, 1.807) is 29.9 Å². The van der Waals surface area contributed by atoms with E-state index in [4.69, 9.17) is 15.2 Å². The van der Waals surface area contributed by atoms with Crippen LogP contribution in [0.25, 0.3) is 10.1 Å². The molecule has 7 nitrogen and oxygen atoms in total. The lowest BCUT2D eigenvalue weighted by Gasteiger charge is -2.45. The van der Waals surface area contributed by atoms with Gasteiger partial charge < -0.3 is 15.2 Å². The average molecular weight is 487 g/mol. The van der Waals surface area contributed by atoms with Crippen LogP contribution in [0.3, 0.4) is 0 Å². The molecule has 0 aliphatic carbocycles. The van der Waals surface area contributed by atoms with E-state index in [1.807, 2.05) is 18.4 Å². The standard InChI is InChI=1S/C26H38N4O3S/c1-6-10-33-26(24(31)32-5)13-19(12-25(2,3)4)16-30(18-26)17-20(14-27)15-29-23-22-21(7-9-28-23)8-11-34-22/h7-9,11,14-15,19H,6,10,12-13,16-18,27H2,1-5H3/b20-14+,29-15?/t19?,26-/m0/s1. The summed E-state index contributed by atoms with van der Waals surface area (Å²) in [7, 11) is 1.44. The molecule has 3 heterocycles. The second-order valence-electron chi connectivity index (χ2n) is 10.3. The molecule has 0 spiro atoms. The van der Waals surface area contributed by atoms with Gasteiger partial charge in [-0.3, -0.25) is 4.90 Å². The molecule has 1 aliphatic rings. The van der Waals surface area contributed by atoms with Gasteiger partial charge >= 0.3 is 5.97 Å². The van der Waals surface area contributed by atoms with Crippen LogP contribution >= 0.6 is 11.3 Å². The lowest BCUT2D eigenvalue weighted by Crippen LogP contribution is -2.58. The van der Waals surface area contributed by atoms with Crippen molar-refractivity contribution in [3.05, 3.63) is 35.5 Å². The quantitative estimate of drug-likeness (QED) is 0.399. The van der Waals surface area contributed by atoms with Crippen molar-refractivity contribution in [2.24, 2.45) is 22.1 Å². The Labute approximate surface area is 207 Å². The van der Waals surface area contributed by atoms with E-state index in [-0.39, 0.29) is 11.4 Å². The van der Waals surface area contributed by atoms with Crippen molar-refractivity contribution in [3.8, 4) is 0 Å². The lowest BCUT2D eigenvalue weighted by atomic mass is 9.76. The van der Waals surface area contributed by atoms with Crippen molar-refractivity contribution >= 4 is 39.4 Å². The SMILES string of the molecule is CCCO[C@@]1(C(=O)OC)CC(CC(C)(C)C)CN(C/C(C=Nc2nccc3ccsc23)=C/N)C1. The minimum atomic E-state index is -0.972. The van der Waals surface area contributed by atoms with Gasteiger partial charge in [-0.05, 0) is 65.3 Å². The summed E-state index contributed by atoms with van der Waals surface area (Å²) in [6.07, 6.45) is 7.61. The molecule has 2 aromatic rings. The first kappa shape index (κ1) is 26.3. The first-order valence-electron chi connectivity index (χ1n) is 11.9. The molecular formula is C26H38N4O3S. The molecule has 1 fully saturated rings. The second-order valence-corrected chi connectivity index (χ2v) is 11.2. The highest BCUT2D eigenvalue weighted by molar-refractivity contribution is 7.17. The van der Waals surface area contributed by atoms with Crippen molar-refractivity contribution < 1.29 is 14.3 Å². The van der Waals surface area contributed by atoms with Crippen LogP contribution in [0, 0.1) is 11.3 Å². The number of thiophene rings is 1. The molecule has 2 aromatic heterocycles. The number of rotatable bonds is 9. The molecule has 0 bridgehead atoms. The van der Waals surface area contributed by atoms with Gasteiger partial charge in [0.25, 0.3) is 0 Å². The summed E-state index contributed by atoms with van der Waals surface area (Å²) in [5, 5.41) is 3.17. The number of nitrogens with zero attached hydrogens (tertiary/aromatic N) is 3. The van der Waals surface area contributed by atoms with E-state index >= 15 is 0 Å². The fraction of sp³-hybridized carbons (Fsp3) is 0.577. The first-order valence-corrected chi connectivity index (χ1v) is 12.8. The highest BCUT2D eigenvalue weighted by Gasteiger charge is 2.48. The Morgan fingerprint density at radius 3 is 2.88 bits per heavy atom. The summed E-state index contributed by atoms with van der Waals surface area (Å²) < 4.78 is 12.5. The van der Waals surface area contributed by atoms with Crippen molar-refractivity contribution in [1.29, 1.82) is 0 Å². The van der Waals surface area contributed by atoms with Gasteiger partial charge in [-0.25, -0.2) is 14.8 Å². The van der Waals surface area contributed by atoms with Crippen LogP contribution in [0.2, 0.25) is 0 Å². The number of ether oxygens (including phenoxy) is 2. The van der Waals surface area contributed by atoms with Crippen LogP contribution in [0.5, 0.6) is 0 Å². The molecule has 34 heavy (non-hydrogen) atoms. The predicted octanol–water partition coefficient (Wildman–Crippen LogP) is 4.94. The van der Waals surface area contributed by atoms with Gasteiger partial charge in [-0.1, -0.05) is 27.7 Å². The third kappa shape index (κ3) is 6.64. The zero-order valence-corrected chi connectivity index (χ0v) is 21.9. The fourth-order valence-electron chi connectivity index (χ4n) is 4.81. The number of fused-ring (bicyclic) bond motifs is 1. The summed E-state index contributed by atoms with van der Waals surface area (Å²) in [5.41, 5.74) is 6.02. The van der Waals surface area contributed by atoms with Crippen molar-refractivity contribution in [2.75, 3.05) is 33.4 Å². The van der Waals surface area contributed by atoms with Crippen LogP contribution in [0.4, 0.5) is 5.82 Å². The number of pyridine rings is 1. The Balaban J connectivity index is 1.83. The van der Waals surface area contributed by atoms with Gasteiger partial charge in [0.15, 0.2) is 11.4 Å². The van der Waals surface area contributed by atoms with Crippen LogP contribution in [-0.2, 0) is 14.3 Å². The highest BCUT2D eigenvalue weighted by Crippen LogP contribution is 2.37. The Kier molecular flexibility index (Phi) is 8.84. The number of hydrogen-bond donors (Lipinski definition) is 1. The van der Waals surface area contributed by atoms with Crippen LogP contribution in [-0.4, -0.2) is 61.0 Å². The minimum absolute atomic E-state index is 0.138. The predicted molar refractivity (Wildman–Crippen MR) is 140 cm³/mol. The summed E-state index contributed by atoms with van der Waals surface area (Å²) >= 11 is 1.62. The summed E-state index contributed by atoms with van der Waals surface area (Å²) in [6.45, 7) is 11.1. The number of nitrogens with two attached hydrogens (primary N) is 1. The maximum absolute atomic E-state index is 13.0. The van der Waals surface area contributed by atoms with Crippen molar-refractivity contribution in [1.82, 2.24) is 9.88 Å². The van der Waals surface area contributed by atoms with Gasteiger partial charge in [0, 0.05) is 38.7 Å². The molecule has 1 aliphatic heterocycles. The third-order valence-corrected chi connectivity index (χ3v) is 6.90. The zero-order chi connectivity index (χ0) is 24.8. The Bertz CT molecular complexity index is 1030. The zero-order valence-electron chi connectivity index (χ0n) is 21.0. The molecule has 186 valence electrons. The molecular weight excluding hydrogens is 448 g/mol. The van der Waals surface area contributed by atoms with Gasteiger partial charge in [0.2, 0.25) is 0 Å². The van der Waals surface area contributed by atoms with E-state index in [1.165, 1.54) is 7.11 Å². The molecule has 1 saturated heterocycles. The van der Waals surface area contributed by atoms with Gasteiger partial charge in [-0.2, -0.15) is 0 Å². The van der Waals surface area contributed by atoms with E-state index in [0.29, 0.717) is 37.9 Å². The molecule has 0 radical (unpaired) electrons. The normalized spacial score (nSPS) is 22.5. The van der Waals surface area contributed by atoms with Crippen molar-refractivity contribution in [2.45, 2.75) is 52.6 Å². The topological polar surface area (TPSA) is 90.0 Å². The Morgan fingerprint density at radius 2 is 2.21 bits per heavy atom. The maximum Gasteiger partial charge on any atom is 0.339 e. The molecule has 8 heteroatoms. The smallest absolute Gasteiger partial charge is 0.339 e. The minimum Gasteiger partial charge on any atom is -0.467 e. The summed E-state index contributed by atoms with van der Waals surface area (Å²) in [6, 6.07) is 4.04. The summed E-state index contributed by atoms with van der Waals surface area (Å²) in [5.74, 6) is 0.679. The average Bonchev–Trinajstić information content (AvgIpc) is 3.28. The molecule has 2 N–H and O–H groups in total. The van der Waals surface area contributed by atoms with E-state index in [9.17, 15) is 4.79 Å². The largest absolute Gasteiger partial charge is 0.467 e. The van der Waals surface area contributed by atoms with Crippen molar-refractivity contribution in [3.63, 3.8) is 0 Å². The Hall–Kier alpha value is -2.29. The van der Waals surface area contributed by atoms with Gasteiger partial charge in [-0.15, -0.1) is 11.3 Å². The number of methoxy groups -OCH3 is 1. The van der Waals surface area contributed by atoms with Gasteiger partial charge in [0.05, 0.1) is 11.8 Å². The summed E-state index contributed by atoms with van der Waals surface area (Å²) in [4.78, 5) is 24.3. The number of piperidine rings is 1. The van der Waals surface area contributed by atoms with Gasteiger partial charge in [0.1, 0.15) is 0 Å². The number of aliphatic imine (C=N–C) groups is 1.